The molecular weight excluding hydrogens is 276 g/mol. The Labute approximate surface area is 130 Å². The summed E-state index contributed by atoms with van der Waals surface area (Å²) in [6.45, 7) is 6.48. The molecule has 2 aromatic rings. The first kappa shape index (κ1) is 14.8. The summed E-state index contributed by atoms with van der Waals surface area (Å²) in [6.07, 6.45) is 2.66. The average molecular weight is 296 g/mol. The summed E-state index contributed by atoms with van der Waals surface area (Å²) >= 11 is 0. The van der Waals surface area contributed by atoms with Gasteiger partial charge < -0.3 is 4.42 Å². The molecule has 114 valence electrons. The van der Waals surface area contributed by atoms with Gasteiger partial charge in [0.15, 0.2) is 5.43 Å². The molecule has 0 bridgehead atoms. The van der Waals surface area contributed by atoms with Gasteiger partial charge in [-0.05, 0) is 23.0 Å². The summed E-state index contributed by atoms with van der Waals surface area (Å²) < 4.78 is 5.56. The number of hydrogen-bond donors (Lipinski definition) is 0. The number of fused-ring (bicyclic) bond motifs is 1. The molecule has 3 nitrogen and oxygen atoms in total. The largest absolute Gasteiger partial charge is 0.468 e. The number of benzene rings is 1. The van der Waals surface area contributed by atoms with Gasteiger partial charge in [-0.15, -0.1) is 0 Å². The molecule has 0 amide bonds. The number of carbonyl (C=O) groups is 1. The molecule has 3 heteroatoms. The zero-order chi connectivity index (χ0) is 15.9. The summed E-state index contributed by atoms with van der Waals surface area (Å²) in [6, 6.07) is 8.04. The van der Waals surface area contributed by atoms with Crippen LogP contribution < -0.4 is 5.43 Å². The van der Waals surface area contributed by atoms with E-state index in [1.165, 1.54) is 11.8 Å². The molecule has 1 heterocycles. The molecule has 1 aliphatic carbocycles. The summed E-state index contributed by atoms with van der Waals surface area (Å²) in [4.78, 5) is 24.1. The minimum atomic E-state index is -0.00254. The van der Waals surface area contributed by atoms with Crippen molar-refractivity contribution in [2.75, 3.05) is 0 Å². The second-order valence-corrected chi connectivity index (χ2v) is 6.92. The maximum absolute atomic E-state index is 12.6. The van der Waals surface area contributed by atoms with Gasteiger partial charge >= 0.3 is 0 Å². The predicted molar refractivity (Wildman–Crippen MR) is 86.1 cm³/mol. The molecule has 0 spiro atoms. The van der Waals surface area contributed by atoms with Crippen LogP contribution in [0.1, 0.15) is 44.1 Å². The van der Waals surface area contributed by atoms with E-state index >= 15 is 0 Å². The predicted octanol–water partition coefficient (Wildman–Crippen LogP) is 3.66. The molecule has 0 saturated heterocycles. The molecule has 0 unspecified atom stereocenters. The molecule has 0 fully saturated rings. The summed E-state index contributed by atoms with van der Waals surface area (Å²) in [5.41, 5.74) is 3.41. The van der Waals surface area contributed by atoms with Gasteiger partial charge in [-0.2, -0.15) is 0 Å². The van der Waals surface area contributed by atoms with E-state index in [4.69, 9.17) is 4.42 Å². The van der Waals surface area contributed by atoms with E-state index in [0.29, 0.717) is 29.7 Å². The standard InChI is InChI=1S/C19H20O3/c1-19(2,3)13-6-4-12(5-7-13)16-11-22-17-10-14(20)8-9-15(17)18(16)21/h4-7,11H,8-10H2,1-3H3. The topological polar surface area (TPSA) is 47.3 Å². The second-order valence-electron chi connectivity index (χ2n) is 6.92. The molecule has 1 aromatic carbocycles. The van der Waals surface area contributed by atoms with Crippen LogP contribution in [0.3, 0.4) is 0 Å². The summed E-state index contributed by atoms with van der Waals surface area (Å²) in [7, 11) is 0. The molecule has 1 aliphatic rings. The highest BCUT2D eigenvalue weighted by molar-refractivity contribution is 5.82. The van der Waals surface area contributed by atoms with Crippen LogP contribution in [0.5, 0.6) is 0 Å². The van der Waals surface area contributed by atoms with Crippen molar-refractivity contribution in [1.29, 1.82) is 0 Å². The van der Waals surface area contributed by atoms with Crippen LogP contribution in [0.2, 0.25) is 0 Å². The first-order valence-corrected chi connectivity index (χ1v) is 7.62. The van der Waals surface area contributed by atoms with Gasteiger partial charge in [-0.3, -0.25) is 9.59 Å². The molecule has 0 saturated carbocycles. The van der Waals surface area contributed by atoms with Gasteiger partial charge in [0, 0.05) is 12.0 Å². The van der Waals surface area contributed by atoms with E-state index in [2.05, 4.69) is 32.9 Å². The fourth-order valence-electron chi connectivity index (χ4n) is 2.83. The highest BCUT2D eigenvalue weighted by atomic mass is 16.3. The number of rotatable bonds is 1. The van der Waals surface area contributed by atoms with Crippen LogP contribution in [0.4, 0.5) is 0 Å². The lowest BCUT2D eigenvalue weighted by atomic mass is 9.86. The molecule has 0 aliphatic heterocycles. The highest BCUT2D eigenvalue weighted by Gasteiger charge is 2.22. The minimum absolute atomic E-state index is 0.00254. The Bertz CT molecular complexity index is 774. The van der Waals surface area contributed by atoms with Crippen molar-refractivity contribution in [3.05, 3.63) is 57.6 Å². The SMILES string of the molecule is CC(C)(C)c1ccc(-c2coc3c(c2=O)CCC(=O)C3)cc1. The van der Waals surface area contributed by atoms with Gasteiger partial charge in [0.25, 0.3) is 0 Å². The molecule has 1 aromatic heterocycles. The Morgan fingerprint density at radius 1 is 1.00 bits per heavy atom. The number of carbonyl (C=O) groups excluding carboxylic acids is 1. The first-order chi connectivity index (χ1) is 10.4. The van der Waals surface area contributed by atoms with Gasteiger partial charge in [0.05, 0.1) is 12.0 Å². The van der Waals surface area contributed by atoms with Crippen molar-refractivity contribution >= 4 is 5.78 Å². The van der Waals surface area contributed by atoms with E-state index in [1.54, 1.807) is 0 Å². The van der Waals surface area contributed by atoms with Crippen molar-refractivity contribution in [1.82, 2.24) is 0 Å². The third-order valence-electron chi connectivity index (χ3n) is 4.25. The Hall–Kier alpha value is -2.16. The lowest BCUT2D eigenvalue weighted by Gasteiger charge is -2.19. The number of ketones is 1. The van der Waals surface area contributed by atoms with Crippen LogP contribution in [0, 0.1) is 0 Å². The van der Waals surface area contributed by atoms with Crippen molar-refractivity contribution in [2.45, 2.75) is 45.4 Å². The smallest absolute Gasteiger partial charge is 0.196 e. The molecule has 0 N–H and O–H groups in total. The quantitative estimate of drug-likeness (QED) is 0.807. The molecule has 22 heavy (non-hydrogen) atoms. The number of hydrogen-bond acceptors (Lipinski definition) is 3. The third-order valence-corrected chi connectivity index (χ3v) is 4.25. The highest BCUT2D eigenvalue weighted by Crippen LogP contribution is 2.26. The van der Waals surface area contributed by atoms with Crippen LogP contribution in [0.15, 0.2) is 39.7 Å². The normalized spacial score (nSPS) is 14.8. The van der Waals surface area contributed by atoms with E-state index in [-0.39, 0.29) is 23.0 Å². The van der Waals surface area contributed by atoms with E-state index in [9.17, 15) is 9.59 Å². The van der Waals surface area contributed by atoms with E-state index in [0.717, 1.165) is 5.56 Å². The van der Waals surface area contributed by atoms with E-state index in [1.807, 2.05) is 12.1 Å². The molecular formula is C19H20O3. The molecule has 3 rings (SSSR count). The maximum Gasteiger partial charge on any atom is 0.196 e. The zero-order valence-corrected chi connectivity index (χ0v) is 13.2. The Kier molecular flexibility index (Phi) is 3.51. The van der Waals surface area contributed by atoms with Crippen molar-refractivity contribution in [3.8, 4) is 11.1 Å². The first-order valence-electron chi connectivity index (χ1n) is 7.62. The van der Waals surface area contributed by atoms with E-state index < -0.39 is 0 Å². The fraction of sp³-hybridized carbons (Fsp3) is 0.368. The van der Waals surface area contributed by atoms with Crippen molar-refractivity contribution in [2.24, 2.45) is 0 Å². The Morgan fingerprint density at radius 2 is 1.68 bits per heavy atom. The lowest BCUT2D eigenvalue weighted by molar-refractivity contribution is -0.119. The maximum atomic E-state index is 12.6. The van der Waals surface area contributed by atoms with Crippen molar-refractivity contribution in [3.63, 3.8) is 0 Å². The summed E-state index contributed by atoms with van der Waals surface area (Å²) in [5.74, 6) is 0.675. The Balaban J connectivity index is 2.03. The lowest BCUT2D eigenvalue weighted by Crippen LogP contribution is -2.22. The number of Topliss-reactive ketones (excluding diaryl/α,β-unsaturated/α-hetero) is 1. The monoisotopic (exact) mass is 296 g/mol. The summed E-state index contributed by atoms with van der Waals surface area (Å²) in [5, 5.41) is 0. The van der Waals surface area contributed by atoms with Gasteiger partial charge in [-0.25, -0.2) is 0 Å². The van der Waals surface area contributed by atoms with Gasteiger partial charge in [0.1, 0.15) is 17.8 Å². The Morgan fingerprint density at radius 3 is 2.32 bits per heavy atom. The molecule has 0 radical (unpaired) electrons. The zero-order valence-electron chi connectivity index (χ0n) is 13.2. The second kappa shape index (κ2) is 5.24. The van der Waals surface area contributed by atoms with Crippen LogP contribution in [-0.2, 0) is 23.1 Å². The fourth-order valence-corrected chi connectivity index (χ4v) is 2.83. The minimum Gasteiger partial charge on any atom is -0.468 e. The van der Waals surface area contributed by atoms with Gasteiger partial charge in [0.2, 0.25) is 0 Å². The molecule has 0 atom stereocenters. The van der Waals surface area contributed by atoms with Gasteiger partial charge in [-0.1, -0.05) is 45.0 Å². The third kappa shape index (κ3) is 2.63. The van der Waals surface area contributed by atoms with Crippen LogP contribution in [0.25, 0.3) is 11.1 Å². The van der Waals surface area contributed by atoms with Crippen LogP contribution >= 0.6 is 0 Å². The average Bonchev–Trinajstić information content (AvgIpc) is 2.47. The van der Waals surface area contributed by atoms with Crippen molar-refractivity contribution < 1.29 is 9.21 Å². The van der Waals surface area contributed by atoms with Crippen LogP contribution in [-0.4, -0.2) is 5.78 Å².